The topological polar surface area (TPSA) is 57.1 Å². The highest BCUT2D eigenvalue weighted by atomic mass is 19.1. The van der Waals surface area contributed by atoms with Gasteiger partial charge in [-0.25, -0.2) is 14.2 Å². The first-order valence-corrected chi connectivity index (χ1v) is 8.07. The lowest BCUT2D eigenvalue weighted by atomic mass is 10.1. The summed E-state index contributed by atoms with van der Waals surface area (Å²) >= 11 is 0. The Morgan fingerprint density at radius 1 is 1.12 bits per heavy atom. The number of nitrogens with zero attached hydrogens (tertiary/aromatic N) is 1. The highest BCUT2D eigenvalue weighted by Gasteiger charge is 2.23. The predicted molar refractivity (Wildman–Crippen MR) is 95.8 cm³/mol. The van der Waals surface area contributed by atoms with Crippen LogP contribution in [0.3, 0.4) is 0 Å². The minimum absolute atomic E-state index is 0.197. The van der Waals surface area contributed by atoms with E-state index in [9.17, 15) is 9.18 Å². The van der Waals surface area contributed by atoms with E-state index in [1.54, 1.807) is 37.5 Å². The Hall–Kier alpha value is -3.15. The molecule has 5 nitrogen and oxygen atoms in total. The minimum atomic E-state index is -0.517. The molecule has 0 atom stereocenters. The molecule has 134 valence electrons. The highest BCUT2D eigenvalue weighted by Crippen LogP contribution is 2.28. The van der Waals surface area contributed by atoms with Gasteiger partial charge < -0.3 is 14.2 Å². The molecule has 0 aliphatic carbocycles. The molecule has 6 heteroatoms. The zero-order valence-electron chi connectivity index (χ0n) is 14.5. The SMILES string of the molecule is COc1ccc(/C=C2/N=C(CCc3cccc(F)c3)OC2=O)c(OC)c1. The van der Waals surface area contributed by atoms with E-state index in [1.165, 1.54) is 19.2 Å². The lowest BCUT2D eigenvalue weighted by Crippen LogP contribution is -2.05. The van der Waals surface area contributed by atoms with Gasteiger partial charge in [0.2, 0.25) is 0 Å². The van der Waals surface area contributed by atoms with Crippen molar-refractivity contribution in [3.63, 3.8) is 0 Å². The number of halogens is 1. The fourth-order valence-corrected chi connectivity index (χ4v) is 2.59. The average Bonchev–Trinajstić information content (AvgIpc) is 3.00. The third-order valence-corrected chi connectivity index (χ3v) is 3.91. The van der Waals surface area contributed by atoms with E-state index in [0.29, 0.717) is 35.8 Å². The molecule has 0 fully saturated rings. The first-order chi connectivity index (χ1) is 12.6. The van der Waals surface area contributed by atoms with Gasteiger partial charge in [0, 0.05) is 18.1 Å². The molecule has 26 heavy (non-hydrogen) atoms. The summed E-state index contributed by atoms with van der Waals surface area (Å²) in [6.45, 7) is 0. The molecule has 0 amide bonds. The fourth-order valence-electron chi connectivity index (χ4n) is 2.59. The number of benzene rings is 2. The summed E-state index contributed by atoms with van der Waals surface area (Å²) in [6, 6.07) is 11.6. The van der Waals surface area contributed by atoms with E-state index >= 15 is 0 Å². The molecule has 0 N–H and O–H groups in total. The van der Waals surface area contributed by atoms with Crippen LogP contribution in [0, 0.1) is 5.82 Å². The number of methoxy groups -OCH3 is 2. The standard InChI is InChI=1S/C20H18FNO4/c1-24-16-8-7-14(18(12-16)25-2)11-17-20(23)26-19(22-17)9-6-13-4-3-5-15(21)10-13/h3-5,7-8,10-12H,6,9H2,1-2H3/b17-11+. The maximum absolute atomic E-state index is 13.2. The van der Waals surface area contributed by atoms with Crippen LogP contribution in [0.1, 0.15) is 17.5 Å². The molecule has 0 saturated heterocycles. The number of hydrogen-bond donors (Lipinski definition) is 0. The van der Waals surface area contributed by atoms with Gasteiger partial charge >= 0.3 is 5.97 Å². The van der Waals surface area contributed by atoms with Crippen molar-refractivity contribution in [2.75, 3.05) is 14.2 Å². The van der Waals surface area contributed by atoms with Crippen molar-refractivity contribution in [3.05, 3.63) is 65.1 Å². The Morgan fingerprint density at radius 3 is 2.69 bits per heavy atom. The van der Waals surface area contributed by atoms with Crippen molar-refractivity contribution in [2.45, 2.75) is 12.8 Å². The second kappa shape index (κ2) is 7.82. The number of esters is 1. The number of aliphatic imine (C=N–C) groups is 1. The zero-order valence-corrected chi connectivity index (χ0v) is 14.5. The number of rotatable bonds is 6. The Morgan fingerprint density at radius 2 is 1.96 bits per heavy atom. The third kappa shape index (κ3) is 4.08. The van der Waals surface area contributed by atoms with Crippen LogP contribution in [0.5, 0.6) is 11.5 Å². The van der Waals surface area contributed by atoms with Crippen LogP contribution >= 0.6 is 0 Å². The number of ether oxygens (including phenoxy) is 3. The summed E-state index contributed by atoms with van der Waals surface area (Å²) in [5.41, 5.74) is 1.70. The van der Waals surface area contributed by atoms with Crippen LogP contribution in [0.2, 0.25) is 0 Å². The molecular formula is C20H18FNO4. The van der Waals surface area contributed by atoms with E-state index in [1.807, 2.05) is 6.07 Å². The van der Waals surface area contributed by atoms with Crippen LogP contribution in [0.15, 0.2) is 53.2 Å². The second-order valence-electron chi connectivity index (χ2n) is 5.66. The quantitative estimate of drug-likeness (QED) is 0.585. The van der Waals surface area contributed by atoms with Crippen LogP contribution < -0.4 is 9.47 Å². The van der Waals surface area contributed by atoms with Crippen molar-refractivity contribution in [2.24, 2.45) is 4.99 Å². The van der Waals surface area contributed by atoms with E-state index < -0.39 is 5.97 Å². The van der Waals surface area contributed by atoms with E-state index in [4.69, 9.17) is 14.2 Å². The van der Waals surface area contributed by atoms with Gasteiger partial charge in [0.15, 0.2) is 11.6 Å². The van der Waals surface area contributed by atoms with Crippen molar-refractivity contribution in [1.29, 1.82) is 0 Å². The van der Waals surface area contributed by atoms with Gasteiger partial charge in [-0.05, 0) is 42.3 Å². The molecule has 2 aromatic carbocycles. The number of aryl methyl sites for hydroxylation is 1. The zero-order chi connectivity index (χ0) is 18.5. The Bertz CT molecular complexity index is 889. The molecule has 0 aromatic heterocycles. The van der Waals surface area contributed by atoms with Crippen LogP contribution in [-0.4, -0.2) is 26.1 Å². The average molecular weight is 355 g/mol. The molecule has 1 aliphatic rings. The van der Waals surface area contributed by atoms with Gasteiger partial charge in [-0.1, -0.05) is 12.1 Å². The first kappa shape index (κ1) is 17.7. The van der Waals surface area contributed by atoms with Crippen molar-refractivity contribution in [3.8, 4) is 11.5 Å². The van der Waals surface area contributed by atoms with Gasteiger partial charge in [-0.3, -0.25) is 0 Å². The van der Waals surface area contributed by atoms with Crippen molar-refractivity contribution in [1.82, 2.24) is 0 Å². The van der Waals surface area contributed by atoms with Crippen LogP contribution in [0.4, 0.5) is 4.39 Å². The molecule has 0 radical (unpaired) electrons. The number of cyclic esters (lactones) is 1. The minimum Gasteiger partial charge on any atom is -0.497 e. The van der Waals surface area contributed by atoms with Gasteiger partial charge in [0.1, 0.15) is 17.3 Å². The molecule has 2 aromatic rings. The number of carbonyl (C=O) groups is 1. The molecular weight excluding hydrogens is 337 g/mol. The van der Waals surface area contributed by atoms with E-state index in [0.717, 1.165) is 5.56 Å². The normalized spacial score (nSPS) is 15.0. The maximum Gasteiger partial charge on any atom is 0.363 e. The Balaban J connectivity index is 1.76. The van der Waals surface area contributed by atoms with Crippen molar-refractivity contribution < 1.29 is 23.4 Å². The van der Waals surface area contributed by atoms with Crippen LogP contribution in [-0.2, 0) is 16.0 Å². The molecule has 1 heterocycles. The smallest absolute Gasteiger partial charge is 0.363 e. The summed E-state index contributed by atoms with van der Waals surface area (Å²) < 4.78 is 28.9. The van der Waals surface area contributed by atoms with Crippen LogP contribution in [0.25, 0.3) is 6.08 Å². The Labute approximate surface area is 150 Å². The monoisotopic (exact) mass is 355 g/mol. The third-order valence-electron chi connectivity index (χ3n) is 3.91. The van der Waals surface area contributed by atoms with E-state index in [-0.39, 0.29) is 11.5 Å². The summed E-state index contributed by atoms with van der Waals surface area (Å²) in [5.74, 6) is 0.723. The summed E-state index contributed by atoms with van der Waals surface area (Å²) in [6.07, 6.45) is 2.55. The second-order valence-corrected chi connectivity index (χ2v) is 5.66. The molecule has 0 bridgehead atoms. The highest BCUT2D eigenvalue weighted by molar-refractivity contribution is 6.07. The summed E-state index contributed by atoms with van der Waals surface area (Å²) in [7, 11) is 3.11. The molecule has 3 rings (SSSR count). The Kier molecular flexibility index (Phi) is 5.31. The van der Waals surface area contributed by atoms with Gasteiger partial charge in [0.05, 0.1) is 14.2 Å². The molecule has 0 spiro atoms. The fraction of sp³-hybridized carbons (Fsp3) is 0.200. The molecule has 0 saturated carbocycles. The van der Waals surface area contributed by atoms with E-state index in [2.05, 4.69) is 4.99 Å². The predicted octanol–water partition coefficient (Wildman–Crippen LogP) is 3.77. The van der Waals surface area contributed by atoms with Crippen molar-refractivity contribution >= 4 is 17.9 Å². The summed E-state index contributed by atoms with van der Waals surface area (Å²) in [5, 5.41) is 0. The van der Waals surface area contributed by atoms with Gasteiger partial charge in [-0.15, -0.1) is 0 Å². The largest absolute Gasteiger partial charge is 0.497 e. The lowest BCUT2D eigenvalue weighted by molar-refractivity contribution is -0.130. The number of hydrogen-bond acceptors (Lipinski definition) is 5. The molecule has 0 unspecified atom stereocenters. The molecule has 1 aliphatic heterocycles. The lowest BCUT2D eigenvalue weighted by Gasteiger charge is -2.07. The number of carbonyl (C=O) groups excluding carboxylic acids is 1. The van der Waals surface area contributed by atoms with Gasteiger partial charge in [-0.2, -0.15) is 0 Å². The maximum atomic E-state index is 13.2. The van der Waals surface area contributed by atoms with Gasteiger partial charge in [0.25, 0.3) is 0 Å². The summed E-state index contributed by atoms with van der Waals surface area (Å²) in [4.78, 5) is 16.3. The first-order valence-electron chi connectivity index (χ1n) is 8.07.